The smallest absolute Gasteiger partial charge is 0.152 e. The van der Waals surface area contributed by atoms with Crippen LogP contribution in [0.25, 0.3) is 0 Å². The molecule has 5 heteroatoms. The largest absolute Gasteiger partial charge is 0.486 e. The summed E-state index contributed by atoms with van der Waals surface area (Å²) in [6.45, 7) is 3.44. The highest BCUT2D eigenvalue weighted by atomic mass is 79.9. The SMILES string of the molecule is Cc1cccc(COc2c(Cl)cc(C3=NCCS3)cc2Br)c1. The molecule has 0 unspecified atom stereocenters. The maximum Gasteiger partial charge on any atom is 0.152 e. The van der Waals surface area contributed by atoms with Gasteiger partial charge < -0.3 is 4.74 Å². The normalized spacial score (nSPS) is 14.0. The van der Waals surface area contributed by atoms with Gasteiger partial charge in [0.1, 0.15) is 6.61 Å². The summed E-state index contributed by atoms with van der Waals surface area (Å²) in [5, 5.41) is 1.65. The van der Waals surface area contributed by atoms with E-state index in [-0.39, 0.29) is 0 Å². The second kappa shape index (κ2) is 7.07. The van der Waals surface area contributed by atoms with Crippen LogP contribution in [0, 0.1) is 6.92 Å². The molecule has 1 aliphatic rings. The van der Waals surface area contributed by atoms with Crippen molar-refractivity contribution in [2.45, 2.75) is 13.5 Å². The number of hydrogen-bond donors (Lipinski definition) is 0. The van der Waals surface area contributed by atoms with E-state index in [1.165, 1.54) is 5.56 Å². The number of rotatable bonds is 4. The molecule has 2 aromatic carbocycles. The number of hydrogen-bond acceptors (Lipinski definition) is 3. The minimum Gasteiger partial charge on any atom is -0.486 e. The van der Waals surface area contributed by atoms with Gasteiger partial charge in [0.2, 0.25) is 0 Å². The standard InChI is InChI=1S/C17H15BrClNOS/c1-11-3-2-4-12(7-11)10-21-16-14(18)8-13(9-15(16)19)17-20-5-6-22-17/h2-4,7-9H,5-6,10H2,1H3. The summed E-state index contributed by atoms with van der Waals surface area (Å²) in [5.74, 6) is 1.71. The summed E-state index contributed by atoms with van der Waals surface area (Å²) >= 11 is 11.7. The zero-order valence-electron chi connectivity index (χ0n) is 12.1. The Morgan fingerprint density at radius 3 is 2.86 bits per heavy atom. The van der Waals surface area contributed by atoms with E-state index in [1.54, 1.807) is 11.8 Å². The van der Waals surface area contributed by atoms with Gasteiger partial charge in [0, 0.05) is 17.9 Å². The van der Waals surface area contributed by atoms with E-state index in [0.29, 0.717) is 17.4 Å². The fourth-order valence-electron chi connectivity index (χ4n) is 2.29. The van der Waals surface area contributed by atoms with Gasteiger partial charge in [0.05, 0.1) is 14.5 Å². The molecular formula is C17H15BrClNOS. The second-order valence-corrected chi connectivity index (χ2v) is 7.43. The van der Waals surface area contributed by atoms with Crippen LogP contribution in [-0.4, -0.2) is 17.3 Å². The van der Waals surface area contributed by atoms with Crippen LogP contribution >= 0.6 is 39.3 Å². The predicted octanol–water partition coefficient (Wildman–Crippen LogP) is 5.48. The lowest BCUT2D eigenvalue weighted by molar-refractivity contribution is 0.304. The molecule has 114 valence electrons. The monoisotopic (exact) mass is 395 g/mol. The zero-order valence-corrected chi connectivity index (χ0v) is 15.3. The third-order valence-electron chi connectivity index (χ3n) is 3.30. The number of ether oxygens (including phenoxy) is 1. The van der Waals surface area contributed by atoms with Gasteiger partial charge in [-0.3, -0.25) is 4.99 Å². The number of halogens is 2. The molecule has 2 aromatic rings. The van der Waals surface area contributed by atoms with Crippen molar-refractivity contribution in [2.24, 2.45) is 4.99 Å². The zero-order chi connectivity index (χ0) is 15.5. The second-order valence-electron chi connectivity index (χ2n) is 5.08. The third kappa shape index (κ3) is 3.67. The van der Waals surface area contributed by atoms with Crippen molar-refractivity contribution in [1.29, 1.82) is 0 Å². The van der Waals surface area contributed by atoms with E-state index in [9.17, 15) is 0 Å². The minimum atomic E-state index is 0.495. The molecule has 0 atom stereocenters. The van der Waals surface area contributed by atoms with Gasteiger partial charge in [-0.1, -0.05) is 41.4 Å². The molecule has 0 spiro atoms. The summed E-state index contributed by atoms with van der Waals surface area (Å²) in [6.07, 6.45) is 0. The fourth-order valence-corrected chi connectivity index (χ4v) is 4.09. The van der Waals surface area contributed by atoms with Crippen LogP contribution in [0.4, 0.5) is 0 Å². The number of aryl methyl sites for hydroxylation is 1. The summed E-state index contributed by atoms with van der Waals surface area (Å²) in [4.78, 5) is 4.48. The first-order chi connectivity index (χ1) is 10.6. The van der Waals surface area contributed by atoms with Crippen molar-refractivity contribution >= 4 is 44.3 Å². The Kier molecular flexibility index (Phi) is 5.11. The van der Waals surface area contributed by atoms with E-state index in [1.807, 2.05) is 24.3 Å². The number of thioether (sulfide) groups is 1. The highest BCUT2D eigenvalue weighted by Crippen LogP contribution is 2.36. The van der Waals surface area contributed by atoms with Gasteiger partial charge in [-0.05, 0) is 40.5 Å². The van der Waals surface area contributed by atoms with Crippen molar-refractivity contribution in [3.63, 3.8) is 0 Å². The Morgan fingerprint density at radius 2 is 2.18 bits per heavy atom. The van der Waals surface area contributed by atoms with Crippen molar-refractivity contribution in [2.75, 3.05) is 12.3 Å². The summed E-state index contributed by atoms with van der Waals surface area (Å²) < 4.78 is 6.76. The average molecular weight is 397 g/mol. The average Bonchev–Trinajstić information content (AvgIpc) is 3.00. The van der Waals surface area contributed by atoms with Crippen molar-refractivity contribution in [3.8, 4) is 5.75 Å². The van der Waals surface area contributed by atoms with Crippen LogP contribution in [0.15, 0.2) is 45.9 Å². The van der Waals surface area contributed by atoms with E-state index in [0.717, 1.165) is 32.9 Å². The molecule has 0 bridgehead atoms. The van der Waals surface area contributed by atoms with Gasteiger partial charge in [-0.15, -0.1) is 11.8 Å². The Bertz CT molecular complexity index is 709. The van der Waals surface area contributed by atoms with Crippen molar-refractivity contribution < 1.29 is 4.74 Å². The fraction of sp³-hybridized carbons (Fsp3) is 0.235. The Labute approximate surface area is 148 Å². The maximum absolute atomic E-state index is 6.39. The van der Waals surface area contributed by atoms with E-state index in [2.05, 4.69) is 40.0 Å². The molecule has 0 amide bonds. The lowest BCUT2D eigenvalue weighted by Gasteiger charge is -2.12. The van der Waals surface area contributed by atoms with Crippen LogP contribution in [-0.2, 0) is 6.61 Å². The van der Waals surface area contributed by atoms with Crippen LogP contribution in [0.2, 0.25) is 5.02 Å². The number of aliphatic imine (C=N–C) groups is 1. The summed E-state index contributed by atoms with van der Waals surface area (Å²) in [5.41, 5.74) is 3.39. The first kappa shape index (κ1) is 15.9. The molecular weight excluding hydrogens is 382 g/mol. The van der Waals surface area contributed by atoms with Gasteiger partial charge in [-0.25, -0.2) is 0 Å². The molecule has 1 heterocycles. The molecule has 22 heavy (non-hydrogen) atoms. The lowest BCUT2D eigenvalue weighted by atomic mass is 10.1. The van der Waals surface area contributed by atoms with Crippen molar-refractivity contribution in [1.82, 2.24) is 0 Å². The predicted molar refractivity (Wildman–Crippen MR) is 98.5 cm³/mol. The molecule has 0 fully saturated rings. The molecule has 1 aliphatic heterocycles. The van der Waals surface area contributed by atoms with Gasteiger partial charge >= 0.3 is 0 Å². The minimum absolute atomic E-state index is 0.495. The number of nitrogens with zero attached hydrogens (tertiary/aromatic N) is 1. The molecule has 0 saturated carbocycles. The number of benzene rings is 2. The molecule has 3 rings (SSSR count). The Hall–Kier alpha value is -0.970. The highest BCUT2D eigenvalue weighted by Gasteiger charge is 2.15. The van der Waals surface area contributed by atoms with Gasteiger partial charge in [0.25, 0.3) is 0 Å². The topological polar surface area (TPSA) is 21.6 Å². The first-order valence-corrected chi connectivity index (χ1v) is 9.14. The van der Waals surface area contributed by atoms with Crippen LogP contribution < -0.4 is 4.74 Å². The van der Waals surface area contributed by atoms with Crippen molar-refractivity contribution in [3.05, 3.63) is 62.6 Å². The molecule has 0 aliphatic carbocycles. The molecule has 0 saturated heterocycles. The highest BCUT2D eigenvalue weighted by molar-refractivity contribution is 9.10. The van der Waals surface area contributed by atoms with Crippen LogP contribution in [0.3, 0.4) is 0 Å². The maximum atomic E-state index is 6.39. The van der Waals surface area contributed by atoms with E-state index < -0.39 is 0 Å². The Morgan fingerprint density at radius 1 is 1.32 bits per heavy atom. The third-order valence-corrected chi connectivity index (χ3v) is 5.19. The summed E-state index contributed by atoms with van der Waals surface area (Å²) in [7, 11) is 0. The molecule has 0 radical (unpaired) electrons. The van der Waals surface area contributed by atoms with E-state index >= 15 is 0 Å². The first-order valence-electron chi connectivity index (χ1n) is 6.98. The quantitative estimate of drug-likeness (QED) is 0.682. The van der Waals surface area contributed by atoms with E-state index in [4.69, 9.17) is 16.3 Å². The summed E-state index contributed by atoms with van der Waals surface area (Å²) in [6, 6.07) is 12.2. The van der Waals surface area contributed by atoms with Crippen LogP contribution in [0.1, 0.15) is 16.7 Å². The van der Waals surface area contributed by atoms with Crippen LogP contribution in [0.5, 0.6) is 5.75 Å². The van der Waals surface area contributed by atoms with Gasteiger partial charge in [-0.2, -0.15) is 0 Å². The molecule has 0 N–H and O–H groups in total. The molecule has 2 nitrogen and oxygen atoms in total. The lowest BCUT2D eigenvalue weighted by Crippen LogP contribution is -1.99. The Balaban J connectivity index is 1.79. The van der Waals surface area contributed by atoms with Gasteiger partial charge in [0.15, 0.2) is 5.75 Å². The molecule has 0 aromatic heterocycles.